The van der Waals surface area contributed by atoms with E-state index in [0.717, 1.165) is 12.1 Å². The van der Waals surface area contributed by atoms with Crippen LogP contribution in [0.25, 0.3) is 0 Å². The molecule has 24 heavy (non-hydrogen) atoms. The van der Waals surface area contributed by atoms with Crippen LogP contribution in [-0.4, -0.2) is 22.3 Å². The van der Waals surface area contributed by atoms with Gasteiger partial charge in [0.05, 0.1) is 22.8 Å². The summed E-state index contributed by atoms with van der Waals surface area (Å²) in [7, 11) is -4.79. The first-order chi connectivity index (χ1) is 11.3. The van der Waals surface area contributed by atoms with Crippen LogP contribution in [0, 0.1) is 0 Å². The Morgan fingerprint density at radius 2 is 1.67 bits per heavy atom. The Balaban J connectivity index is 2.71. The van der Waals surface area contributed by atoms with Gasteiger partial charge in [0.1, 0.15) is 0 Å². The van der Waals surface area contributed by atoms with Gasteiger partial charge in [0.15, 0.2) is 9.73 Å². The first-order valence-electron chi connectivity index (χ1n) is 6.94. The fourth-order valence-electron chi connectivity index (χ4n) is 1.92. The number of alkyl halides is 3. The molecule has 128 valence electrons. The number of esters is 1. The molecule has 0 aliphatic carbocycles. The van der Waals surface area contributed by atoms with E-state index >= 15 is 0 Å². The number of carbonyl (C=O) groups excluding carboxylic acids is 1. The van der Waals surface area contributed by atoms with Crippen LogP contribution >= 0.6 is 0 Å². The fraction of sp³-hybridized carbons (Fsp3) is 0.188. The van der Waals surface area contributed by atoms with Gasteiger partial charge in [0.2, 0.25) is 0 Å². The first kappa shape index (κ1) is 18.0. The van der Waals surface area contributed by atoms with Crippen molar-refractivity contribution in [2.24, 2.45) is 4.36 Å². The maximum atomic E-state index is 13.5. The van der Waals surface area contributed by atoms with E-state index in [1.54, 1.807) is 6.92 Å². The largest absolute Gasteiger partial charge is 0.484 e. The zero-order valence-electron chi connectivity index (χ0n) is 12.6. The quantitative estimate of drug-likeness (QED) is 0.755. The molecule has 0 heterocycles. The Hall–Kier alpha value is -2.35. The van der Waals surface area contributed by atoms with Crippen molar-refractivity contribution in [2.45, 2.75) is 17.3 Å². The number of nitrogens with zero attached hydrogens (tertiary/aromatic N) is 1. The van der Waals surface area contributed by atoms with E-state index in [1.165, 1.54) is 42.5 Å². The second kappa shape index (κ2) is 7.04. The molecule has 1 unspecified atom stereocenters. The highest BCUT2D eigenvalue weighted by Crippen LogP contribution is 2.36. The molecule has 0 amide bonds. The molecule has 4 nitrogen and oxygen atoms in total. The molecule has 0 N–H and O–H groups in total. The predicted octanol–water partition coefficient (Wildman–Crippen LogP) is 4.54. The van der Waals surface area contributed by atoms with Crippen molar-refractivity contribution in [3.63, 3.8) is 0 Å². The van der Waals surface area contributed by atoms with Crippen LogP contribution in [0.2, 0.25) is 0 Å². The highest BCUT2D eigenvalue weighted by atomic mass is 32.2. The molecular formula is C16H14F3NO3S. The normalized spacial score (nSPS) is 13.8. The van der Waals surface area contributed by atoms with Gasteiger partial charge in [0, 0.05) is 0 Å². The van der Waals surface area contributed by atoms with Crippen LogP contribution in [0.3, 0.4) is 0 Å². The first-order valence-corrected chi connectivity index (χ1v) is 8.46. The van der Waals surface area contributed by atoms with E-state index < -0.39 is 26.1 Å². The van der Waals surface area contributed by atoms with Crippen LogP contribution in [0.15, 0.2) is 63.9 Å². The summed E-state index contributed by atoms with van der Waals surface area (Å²) in [5, 5.41) is 0. The number of benzene rings is 2. The molecule has 0 saturated heterocycles. The van der Waals surface area contributed by atoms with Crippen molar-refractivity contribution < 1.29 is 26.9 Å². The molecule has 8 heteroatoms. The number of carbonyl (C=O) groups is 1. The van der Waals surface area contributed by atoms with Gasteiger partial charge in [-0.25, -0.2) is 9.00 Å². The lowest BCUT2D eigenvalue weighted by Crippen LogP contribution is -2.23. The summed E-state index contributed by atoms with van der Waals surface area (Å²) in [4.78, 5) is 11.4. The maximum absolute atomic E-state index is 13.5. The molecule has 2 aromatic rings. The van der Waals surface area contributed by atoms with Crippen LogP contribution in [0.4, 0.5) is 18.9 Å². The highest BCUT2D eigenvalue weighted by Gasteiger charge is 2.45. The van der Waals surface area contributed by atoms with Crippen LogP contribution in [0.1, 0.15) is 17.3 Å². The topological polar surface area (TPSA) is 55.7 Å². The Morgan fingerprint density at radius 1 is 1.08 bits per heavy atom. The van der Waals surface area contributed by atoms with E-state index in [0.29, 0.717) is 0 Å². The van der Waals surface area contributed by atoms with Crippen LogP contribution < -0.4 is 0 Å². The Kier molecular flexibility index (Phi) is 5.28. The number of halogens is 3. The molecular weight excluding hydrogens is 343 g/mol. The zero-order valence-corrected chi connectivity index (χ0v) is 13.4. The van der Waals surface area contributed by atoms with Gasteiger partial charge in [-0.15, -0.1) is 0 Å². The standard InChI is InChI=1S/C16H14F3NO3S/c1-2-23-15(21)13-10-6-7-11-14(13)20-24(22,16(17,18)19)12-8-4-3-5-9-12/h3-11H,2H2,1H3. The van der Waals surface area contributed by atoms with E-state index in [2.05, 4.69) is 4.36 Å². The summed E-state index contributed by atoms with van der Waals surface area (Å²) in [6.07, 6.45) is 0. The molecule has 0 bridgehead atoms. The predicted molar refractivity (Wildman–Crippen MR) is 83.4 cm³/mol. The fourth-order valence-corrected chi connectivity index (χ4v) is 3.35. The van der Waals surface area contributed by atoms with E-state index in [1.807, 2.05) is 0 Å². The minimum Gasteiger partial charge on any atom is -0.462 e. The molecule has 0 saturated carbocycles. The smallest absolute Gasteiger partial charge is 0.462 e. The van der Waals surface area contributed by atoms with E-state index in [4.69, 9.17) is 4.74 Å². The summed E-state index contributed by atoms with van der Waals surface area (Å²) < 4.78 is 61.3. The number of hydrogen-bond acceptors (Lipinski definition) is 4. The Bertz CT molecular complexity index is 841. The number of ether oxygens (including phenoxy) is 1. The Morgan fingerprint density at radius 3 is 2.25 bits per heavy atom. The molecule has 0 radical (unpaired) electrons. The van der Waals surface area contributed by atoms with Crippen molar-refractivity contribution >= 4 is 21.4 Å². The lowest BCUT2D eigenvalue weighted by molar-refractivity contribution is -0.0402. The third kappa shape index (κ3) is 3.59. The van der Waals surface area contributed by atoms with Gasteiger partial charge in [-0.2, -0.15) is 17.5 Å². The van der Waals surface area contributed by atoms with Crippen LogP contribution in [-0.2, 0) is 14.5 Å². The summed E-state index contributed by atoms with van der Waals surface area (Å²) >= 11 is 0. The summed E-state index contributed by atoms with van der Waals surface area (Å²) in [6.45, 7) is 1.63. The number of hydrogen-bond donors (Lipinski definition) is 0. The summed E-state index contributed by atoms with van der Waals surface area (Å²) in [5.41, 5.74) is -5.61. The van der Waals surface area contributed by atoms with Crippen LogP contribution in [0.5, 0.6) is 0 Å². The monoisotopic (exact) mass is 357 g/mol. The van der Waals surface area contributed by atoms with Gasteiger partial charge in [0.25, 0.3) is 0 Å². The SMILES string of the molecule is CCOC(=O)c1ccccc1N=S(=O)(c1ccccc1)C(F)(F)F. The zero-order chi connectivity index (χ0) is 17.8. The maximum Gasteiger partial charge on any atom is 0.484 e. The Labute approximate surface area is 137 Å². The van der Waals surface area contributed by atoms with Gasteiger partial charge in [-0.3, -0.25) is 0 Å². The van der Waals surface area contributed by atoms with Gasteiger partial charge >= 0.3 is 11.5 Å². The molecule has 2 rings (SSSR count). The van der Waals surface area contributed by atoms with Gasteiger partial charge in [-0.1, -0.05) is 30.3 Å². The van der Waals surface area contributed by atoms with Crippen molar-refractivity contribution in [1.82, 2.24) is 0 Å². The molecule has 0 aliphatic heterocycles. The second-order valence-corrected chi connectivity index (χ2v) is 6.78. The van der Waals surface area contributed by atoms with E-state index in [-0.39, 0.29) is 17.9 Å². The van der Waals surface area contributed by atoms with Gasteiger partial charge < -0.3 is 4.74 Å². The molecule has 2 aromatic carbocycles. The molecule has 0 spiro atoms. The lowest BCUT2D eigenvalue weighted by Gasteiger charge is -2.14. The van der Waals surface area contributed by atoms with Crippen molar-refractivity contribution in [1.29, 1.82) is 0 Å². The molecule has 0 fully saturated rings. The molecule has 1 atom stereocenters. The third-order valence-electron chi connectivity index (χ3n) is 3.00. The number of rotatable bonds is 4. The lowest BCUT2D eigenvalue weighted by atomic mass is 10.2. The second-order valence-electron chi connectivity index (χ2n) is 4.61. The van der Waals surface area contributed by atoms with Crippen molar-refractivity contribution in [2.75, 3.05) is 6.61 Å². The average Bonchev–Trinajstić information content (AvgIpc) is 2.55. The van der Waals surface area contributed by atoms with Gasteiger partial charge in [-0.05, 0) is 31.2 Å². The third-order valence-corrected chi connectivity index (χ3v) is 5.00. The highest BCUT2D eigenvalue weighted by molar-refractivity contribution is 7.94. The molecule has 0 aliphatic rings. The average molecular weight is 357 g/mol. The van der Waals surface area contributed by atoms with Crippen molar-refractivity contribution in [3.8, 4) is 0 Å². The molecule has 0 aromatic heterocycles. The summed E-state index contributed by atoms with van der Waals surface area (Å²) in [5.74, 6) is -0.825. The van der Waals surface area contributed by atoms with Crippen molar-refractivity contribution in [3.05, 3.63) is 60.2 Å². The summed E-state index contributed by atoms with van der Waals surface area (Å²) in [6, 6.07) is 11.7. The minimum atomic E-state index is -5.10. The van der Waals surface area contributed by atoms with E-state index in [9.17, 15) is 22.2 Å². The minimum absolute atomic E-state index is 0.0561.